The largest absolute Gasteiger partial charge is 0.481 e. The van der Waals surface area contributed by atoms with Crippen LogP contribution in [-0.4, -0.2) is 48.7 Å². The molecule has 18 heavy (non-hydrogen) atoms. The standard InChI is InChI=1S/C10H16N2O4S2/c1-11(6-5-10(13)14)18(15,16)12(2)8-9-4-3-7-17-9/h3-4,7H,5-6,8H2,1-2H3,(H,13,14). The van der Waals surface area contributed by atoms with Gasteiger partial charge < -0.3 is 5.11 Å². The van der Waals surface area contributed by atoms with E-state index in [4.69, 9.17) is 5.11 Å². The Labute approximate surface area is 111 Å². The third kappa shape index (κ3) is 4.05. The summed E-state index contributed by atoms with van der Waals surface area (Å²) in [7, 11) is -0.744. The zero-order valence-corrected chi connectivity index (χ0v) is 11.9. The van der Waals surface area contributed by atoms with Crippen LogP contribution in [0.4, 0.5) is 0 Å². The van der Waals surface area contributed by atoms with Gasteiger partial charge in [-0.3, -0.25) is 4.79 Å². The summed E-state index contributed by atoms with van der Waals surface area (Å²) in [4.78, 5) is 11.4. The van der Waals surface area contributed by atoms with Crippen LogP contribution in [0.1, 0.15) is 11.3 Å². The minimum atomic E-state index is -3.60. The number of thiophene rings is 1. The van der Waals surface area contributed by atoms with Gasteiger partial charge in [0, 0.05) is 32.1 Å². The van der Waals surface area contributed by atoms with E-state index < -0.39 is 16.2 Å². The predicted molar refractivity (Wildman–Crippen MR) is 69.6 cm³/mol. The summed E-state index contributed by atoms with van der Waals surface area (Å²) in [6.07, 6.45) is -0.206. The lowest BCUT2D eigenvalue weighted by Gasteiger charge is -2.23. The Morgan fingerprint density at radius 2 is 2.06 bits per heavy atom. The molecule has 6 nitrogen and oxygen atoms in total. The molecule has 0 fully saturated rings. The summed E-state index contributed by atoms with van der Waals surface area (Å²) < 4.78 is 26.3. The SMILES string of the molecule is CN(CCC(=O)O)S(=O)(=O)N(C)Cc1cccs1. The van der Waals surface area contributed by atoms with Crippen LogP contribution in [0.2, 0.25) is 0 Å². The van der Waals surface area contributed by atoms with E-state index in [9.17, 15) is 13.2 Å². The number of hydrogen-bond donors (Lipinski definition) is 1. The number of carboxylic acids is 1. The van der Waals surface area contributed by atoms with Gasteiger partial charge in [-0.2, -0.15) is 17.0 Å². The van der Waals surface area contributed by atoms with Gasteiger partial charge in [-0.25, -0.2) is 0 Å². The molecule has 0 amide bonds. The molecule has 1 N–H and O–H groups in total. The highest BCUT2D eigenvalue weighted by Crippen LogP contribution is 2.14. The molecule has 0 aliphatic heterocycles. The van der Waals surface area contributed by atoms with Gasteiger partial charge in [0.15, 0.2) is 0 Å². The molecule has 1 heterocycles. The van der Waals surface area contributed by atoms with Gasteiger partial charge in [-0.05, 0) is 11.4 Å². The number of carboxylic acid groups (broad SMARTS) is 1. The molecule has 0 radical (unpaired) electrons. The second-order valence-corrected chi connectivity index (χ2v) is 6.98. The van der Waals surface area contributed by atoms with Crippen molar-refractivity contribution in [3.05, 3.63) is 22.4 Å². The van der Waals surface area contributed by atoms with E-state index in [0.717, 1.165) is 9.18 Å². The van der Waals surface area contributed by atoms with Crippen LogP contribution >= 0.6 is 11.3 Å². The molecule has 0 aromatic carbocycles. The van der Waals surface area contributed by atoms with E-state index in [0.29, 0.717) is 0 Å². The smallest absolute Gasteiger partial charge is 0.304 e. The Balaban J connectivity index is 2.64. The van der Waals surface area contributed by atoms with E-state index in [1.54, 1.807) is 0 Å². The fraction of sp³-hybridized carbons (Fsp3) is 0.500. The summed E-state index contributed by atoms with van der Waals surface area (Å²) in [6, 6.07) is 3.71. The molecule has 8 heteroatoms. The maximum atomic E-state index is 12.0. The number of nitrogens with zero attached hydrogens (tertiary/aromatic N) is 2. The lowest BCUT2D eigenvalue weighted by Crippen LogP contribution is -2.40. The lowest BCUT2D eigenvalue weighted by molar-refractivity contribution is -0.137. The first-order chi connectivity index (χ1) is 8.34. The van der Waals surface area contributed by atoms with Crippen molar-refractivity contribution in [1.82, 2.24) is 8.61 Å². The lowest BCUT2D eigenvalue weighted by atomic mass is 10.4. The molecule has 0 saturated heterocycles. The molecule has 0 bridgehead atoms. The van der Waals surface area contributed by atoms with Crippen molar-refractivity contribution < 1.29 is 18.3 Å². The zero-order chi connectivity index (χ0) is 13.8. The van der Waals surface area contributed by atoms with E-state index in [2.05, 4.69) is 0 Å². The van der Waals surface area contributed by atoms with Gasteiger partial charge >= 0.3 is 5.97 Å². The summed E-state index contributed by atoms with van der Waals surface area (Å²) in [5.74, 6) is -1.02. The summed E-state index contributed by atoms with van der Waals surface area (Å²) >= 11 is 1.48. The van der Waals surface area contributed by atoms with Crippen molar-refractivity contribution >= 4 is 27.5 Å². The molecule has 0 atom stereocenters. The topological polar surface area (TPSA) is 77.9 Å². The summed E-state index contributed by atoms with van der Waals surface area (Å²) in [5.41, 5.74) is 0. The number of aliphatic carboxylic acids is 1. The number of rotatable bonds is 7. The summed E-state index contributed by atoms with van der Waals surface area (Å²) in [5, 5.41) is 10.4. The highest BCUT2D eigenvalue weighted by atomic mass is 32.2. The van der Waals surface area contributed by atoms with Crippen LogP contribution in [0.15, 0.2) is 17.5 Å². The number of carbonyl (C=O) groups is 1. The van der Waals surface area contributed by atoms with Gasteiger partial charge in [-0.15, -0.1) is 11.3 Å². The third-order valence-electron chi connectivity index (χ3n) is 2.39. The molecular weight excluding hydrogens is 276 g/mol. The molecule has 102 valence electrons. The normalized spacial score (nSPS) is 12.2. The van der Waals surface area contributed by atoms with Crippen molar-refractivity contribution in [2.24, 2.45) is 0 Å². The minimum absolute atomic E-state index is 0.0353. The average molecular weight is 292 g/mol. The van der Waals surface area contributed by atoms with Gasteiger partial charge in [0.1, 0.15) is 0 Å². The predicted octanol–water partition coefficient (Wildman–Crippen LogP) is 0.831. The first-order valence-electron chi connectivity index (χ1n) is 5.26. The van der Waals surface area contributed by atoms with Gasteiger partial charge in [0.25, 0.3) is 10.2 Å². The second kappa shape index (κ2) is 6.28. The monoisotopic (exact) mass is 292 g/mol. The van der Waals surface area contributed by atoms with Crippen molar-refractivity contribution in [3.8, 4) is 0 Å². The minimum Gasteiger partial charge on any atom is -0.481 e. The fourth-order valence-electron chi connectivity index (χ4n) is 1.31. The second-order valence-electron chi connectivity index (χ2n) is 3.81. The van der Waals surface area contributed by atoms with E-state index in [1.807, 2.05) is 17.5 Å². The average Bonchev–Trinajstić information content (AvgIpc) is 2.78. The van der Waals surface area contributed by atoms with Crippen molar-refractivity contribution in [2.45, 2.75) is 13.0 Å². The summed E-state index contributed by atoms with van der Waals surface area (Å²) in [6.45, 7) is 0.254. The van der Waals surface area contributed by atoms with Gasteiger partial charge in [-0.1, -0.05) is 6.07 Å². The molecule has 1 aromatic rings. The maximum absolute atomic E-state index is 12.0. The highest BCUT2D eigenvalue weighted by molar-refractivity contribution is 7.86. The highest BCUT2D eigenvalue weighted by Gasteiger charge is 2.24. The Hall–Kier alpha value is -0.960. The molecule has 0 saturated carbocycles. The van der Waals surface area contributed by atoms with Crippen LogP contribution in [0.25, 0.3) is 0 Å². The molecule has 0 aliphatic rings. The van der Waals surface area contributed by atoms with Gasteiger partial charge in [0.2, 0.25) is 0 Å². The van der Waals surface area contributed by atoms with E-state index in [-0.39, 0.29) is 19.5 Å². The zero-order valence-electron chi connectivity index (χ0n) is 10.2. The Morgan fingerprint density at radius 1 is 1.39 bits per heavy atom. The van der Waals surface area contributed by atoms with Crippen molar-refractivity contribution in [1.29, 1.82) is 0 Å². The van der Waals surface area contributed by atoms with Crippen molar-refractivity contribution in [2.75, 3.05) is 20.6 Å². The quantitative estimate of drug-likeness (QED) is 0.807. The first kappa shape index (κ1) is 15.1. The molecule has 0 spiro atoms. The molecule has 1 rings (SSSR count). The van der Waals surface area contributed by atoms with Gasteiger partial charge in [0.05, 0.1) is 6.42 Å². The van der Waals surface area contributed by atoms with Crippen LogP contribution in [0.3, 0.4) is 0 Å². The van der Waals surface area contributed by atoms with E-state index >= 15 is 0 Å². The van der Waals surface area contributed by atoms with E-state index in [1.165, 1.54) is 29.7 Å². The fourth-order valence-corrected chi connectivity index (χ4v) is 3.25. The van der Waals surface area contributed by atoms with Crippen LogP contribution in [0, 0.1) is 0 Å². The van der Waals surface area contributed by atoms with Crippen LogP contribution in [0.5, 0.6) is 0 Å². The maximum Gasteiger partial charge on any atom is 0.304 e. The number of hydrogen-bond acceptors (Lipinski definition) is 4. The first-order valence-corrected chi connectivity index (χ1v) is 7.53. The Bertz CT molecular complexity index is 484. The molecule has 0 aliphatic carbocycles. The Morgan fingerprint density at radius 3 is 2.56 bits per heavy atom. The van der Waals surface area contributed by atoms with Crippen LogP contribution in [-0.2, 0) is 21.5 Å². The van der Waals surface area contributed by atoms with Crippen LogP contribution < -0.4 is 0 Å². The molecule has 0 unspecified atom stereocenters. The Kier molecular flexibility index (Phi) is 5.27. The third-order valence-corrected chi connectivity index (χ3v) is 5.14. The van der Waals surface area contributed by atoms with Crippen molar-refractivity contribution in [3.63, 3.8) is 0 Å². The molecular formula is C10H16N2O4S2. The molecule has 1 aromatic heterocycles.